The Balaban J connectivity index is 1.61. The molecular weight excluding hydrogens is 380 g/mol. The van der Waals surface area contributed by atoms with Crippen LogP contribution in [0.2, 0.25) is 0 Å². The number of piperazine rings is 1. The lowest BCUT2D eigenvalue weighted by molar-refractivity contribution is -0.120. The molecular formula is C22H26N6O2. The number of benzene rings is 1. The highest BCUT2D eigenvalue weighted by molar-refractivity contribution is 5.95. The molecule has 1 aliphatic heterocycles. The van der Waals surface area contributed by atoms with Crippen molar-refractivity contribution in [2.45, 2.75) is 20.3 Å². The summed E-state index contributed by atoms with van der Waals surface area (Å²) in [5.41, 5.74) is 3.32. The lowest BCUT2D eigenvalue weighted by atomic mass is 10.1. The van der Waals surface area contributed by atoms with E-state index < -0.39 is 0 Å². The maximum atomic E-state index is 13.1. The molecule has 30 heavy (non-hydrogen) atoms. The van der Waals surface area contributed by atoms with Gasteiger partial charge in [0, 0.05) is 50.8 Å². The first-order chi connectivity index (χ1) is 14.5. The molecule has 0 N–H and O–H groups in total. The van der Waals surface area contributed by atoms with Crippen LogP contribution in [0.1, 0.15) is 28.0 Å². The number of amides is 2. The molecule has 2 amide bonds. The number of carbonyl (C=O) groups is 2. The molecule has 3 rings (SSSR count). The van der Waals surface area contributed by atoms with Gasteiger partial charge in [0.25, 0.3) is 5.91 Å². The smallest absolute Gasteiger partial charge is 0.274 e. The minimum absolute atomic E-state index is 0.0380. The van der Waals surface area contributed by atoms with Gasteiger partial charge >= 0.3 is 0 Å². The van der Waals surface area contributed by atoms with Gasteiger partial charge in [0.1, 0.15) is 5.69 Å². The highest BCUT2D eigenvalue weighted by Crippen LogP contribution is 2.20. The van der Waals surface area contributed by atoms with Crippen LogP contribution in [0.15, 0.2) is 36.8 Å². The molecule has 2 heterocycles. The Hall–Kier alpha value is -3.31. The molecule has 8 nitrogen and oxygen atoms in total. The summed E-state index contributed by atoms with van der Waals surface area (Å²) < 4.78 is 0. The van der Waals surface area contributed by atoms with Crippen LogP contribution in [0.25, 0.3) is 0 Å². The van der Waals surface area contributed by atoms with Crippen LogP contribution < -0.4 is 4.90 Å². The summed E-state index contributed by atoms with van der Waals surface area (Å²) in [6.07, 6.45) is 4.79. The third-order valence-corrected chi connectivity index (χ3v) is 5.07. The molecule has 0 bridgehead atoms. The zero-order valence-electron chi connectivity index (χ0n) is 17.4. The lowest BCUT2D eigenvalue weighted by Crippen LogP contribution is -2.51. The molecule has 0 unspecified atom stereocenters. The molecule has 1 fully saturated rings. The first-order valence-corrected chi connectivity index (χ1v) is 10.0. The van der Waals surface area contributed by atoms with Crippen molar-refractivity contribution >= 4 is 17.5 Å². The summed E-state index contributed by atoms with van der Waals surface area (Å²) in [5, 5.41) is 9.00. The number of nitrogens with zero attached hydrogens (tertiary/aromatic N) is 6. The normalized spacial score (nSPS) is 14.2. The fourth-order valence-corrected chi connectivity index (χ4v) is 3.62. The molecule has 1 aliphatic rings. The number of carbonyl (C=O) groups excluding carboxylic acids is 2. The maximum Gasteiger partial charge on any atom is 0.274 e. The SMILES string of the molecule is Cc1cc(C)cc(N(CCC#N)C(=O)CN2CCN(C(=O)c3cnccn3)CC2)c1. The molecule has 0 spiro atoms. The molecule has 1 aromatic heterocycles. The van der Waals surface area contributed by atoms with E-state index in [-0.39, 0.29) is 24.8 Å². The van der Waals surface area contributed by atoms with E-state index >= 15 is 0 Å². The average Bonchev–Trinajstić information content (AvgIpc) is 2.74. The van der Waals surface area contributed by atoms with Crippen LogP contribution in [-0.4, -0.2) is 70.9 Å². The minimum Gasteiger partial charge on any atom is -0.335 e. The van der Waals surface area contributed by atoms with Gasteiger partial charge in [-0.1, -0.05) is 6.07 Å². The number of hydrogen-bond acceptors (Lipinski definition) is 6. The Morgan fingerprint density at radius 2 is 1.80 bits per heavy atom. The predicted octanol–water partition coefficient (Wildman–Crippen LogP) is 1.80. The van der Waals surface area contributed by atoms with Crippen molar-refractivity contribution in [3.05, 3.63) is 53.6 Å². The van der Waals surface area contributed by atoms with E-state index in [0.29, 0.717) is 38.4 Å². The van der Waals surface area contributed by atoms with Gasteiger partial charge in [-0.05, 0) is 37.1 Å². The van der Waals surface area contributed by atoms with Gasteiger partial charge in [0.05, 0.1) is 25.2 Å². The largest absolute Gasteiger partial charge is 0.335 e. The molecule has 0 radical (unpaired) electrons. The van der Waals surface area contributed by atoms with E-state index in [1.807, 2.05) is 30.9 Å². The van der Waals surface area contributed by atoms with Crippen molar-refractivity contribution in [1.82, 2.24) is 19.8 Å². The number of aryl methyl sites for hydroxylation is 2. The van der Waals surface area contributed by atoms with Gasteiger partial charge in [0.15, 0.2) is 0 Å². The van der Waals surface area contributed by atoms with Crippen LogP contribution in [0.4, 0.5) is 5.69 Å². The van der Waals surface area contributed by atoms with Crippen LogP contribution in [-0.2, 0) is 4.79 Å². The van der Waals surface area contributed by atoms with Gasteiger partial charge in [-0.2, -0.15) is 5.26 Å². The zero-order valence-corrected chi connectivity index (χ0v) is 17.4. The topological polar surface area (TPSA) is 93.4 Å². The van der Waals surface area contributed by atoms with Crippen molar-refractivity contribution in [2.24, 2.45) is 0 Å². The van der Waals surface area contributed by atoms with Gasteiger partial charge < -0.3 is 9.80 Å². The third-order valence-electron chi connectivity index (χ3n) is 5.07. The summed E-state index contributed by atoms with van der Waals surface area (Å²) in [4.78, 5) is 39.0. The Morgan fingerprint density at radius 3 is 2.40 bits per heavy atom. The maximum absolute atomic E-state index is 13.1. The monoisotopic (exact) mass is 406 g/mol. The Labute approximate surface area is 176 Å². The molecule has 2 aromatic rings. The predicted molar refractivity (Wildman–Crippen MR) is 113 cm³/mol. The molecule has 0 atom stereocenters. The van der Waals surface area contributed by atoms with Crippen molar-refractivity contribution in [2.75, 3.05) is 44.2 Å². The molecule has 156 valence electrons. The standard InChI is InChI=1S/C22H26N6O2/c1-17-12-18(2)14-19(13-17)28(7-3-4-23)21(29)16-26-8-10-27(11-9-26)22(30)20-15-24-5-6-25-20/h5-6,12-15H,3,7-11,16H2,1-2H3. The van der Waals surface area contributed by atoms with E-state index in [0.717, 1.165) is 16.8 Å². The van der Waals surface area contributed by atoms with Gasteiger partial charge in [-0.3, -0.25) is 19.5 Å². The first kappa shape index (κ1) is 21.4. The molecule has 8 heteroatoms. The van der Waals surface area contributed by atoms with Gasteiger partial charge in [0.2, 0.25) is 5.91 Å². The second-order valence-electron chi connectivity index (χ2n) is 7.46. The third kappa shape index (κ3) is 5.39. The quantitative estimate of drug-likeness (QED) is 0.726. The molecule has 1 saturated heterocycles. The van der Waals surface area contributed by atoms with Crippen molar-refractivity contribution in [1.29, 1.82) is 5.26 Å². The lowest BCUT2D eigenvalue weighted by Gasteiger charge is -2.35. The van der Waals surface area contributed by atoms with Crippen molar-refractivity contribution in [3.63, 3.8) is 0 Å². The first-order valence-electron chi connectivity index (χ1n) is 10.0. The number of hydrogen-bond donors (Lipinski definition) is 0. The summed E-state index contributed by atoms with van der Waals surface area (Å²) >= 11 is 0. The summed E-state index contributed by atoms with van der Waals surface area (Å²) in [6.45, 7) is 6.89. The Bertz CT molecular complexity index is 912. The zero-order chi connectivity index (χ0) is 21.5. The summed E-state index contributed by atoms with van der Waals surface area (Å²) in [6, 6.07) is 8.13. The Kier molecular flexibility index (Phi) is 7.09. The van der Waals surface area contributed by atoms with Crippen LogP contribution in [0.5, 0.6) is 0 Å². The van der Waals surface area contributed by atoms with Crippen molar-refractivity contribution in [3.8, 4) is 6.07 Å². The number of nitriles is 1. The van der Waals surface area contributed by atoms with E-state index in [2.05, 4.69) is 22.1 Å². The van der Waals surface area contributed by atoms with E-state index in [1.54, 1.807) is 9.80 Å². The van der Waals surface area contributed by atoms with E-state index in [9.17, 15) is 9.59 Å². The summed E-state index contributed by atoms with van der Waals surface area (Å²) in [5.74, 6) is -0.177. The van der Waals surface area contributed by atoms with Crippen LogP contribution in [0, 0.1) is 25.2 Å². The molecule has 0 saturated carbocycles. The summed E-state index contributed by atoms with van der Waals surface area (Å²) in [7, 11) is 0. The highest BCUT2D eigenvalue weighted by Gasteiger charge is 2.26. The van der Waals surface area contributed by atoms with Crippen molar-refractivity contribution < 1.29 is 9.59 Å². The van der Waals surface area contributed by atoms with E-state index in [4.69, 9.17) is 5.26 Å². The highest BCUT2D eigenvalue weighted by atomic mass is 16.2. The van der Waals surface area contributed by atoms with Gasteiger partial charge in [-0.25, -0.2) is 4.98 Å². The second kappa shape index (κ2) is 9.94. The number of anilines is 1. The second-order valence-corrected chi connectivity index (χ2v) is 7.46. The van der Waals surface area contributed by atoms with E-state index in [1.165, 1.54) is 18.6 Å². The fraction of sp³-hybridized carbons (Fsp3) is 0.409. The fourth-order valence-electron chi connectivity index (χ4n) is 3.62. The minimum atomic E-state index is -0.139. The van der Waals surface area contributed by atoms with Gasteiger partial charge in [-0.15, -0.1) is 0 Å². The number of rotatable bonds is 6. The molecule has 1 aromatic carbocycles. The molecule has 0 aliphatic carbocycles. The Morgan fingerprint density at radius 1 is 1.10 bits per heavy atom. The number of aromatic nitrogens is 2. The van der Waals surface area contributed by atoms with Crippen LogP contribution >= 0.6 is 0 Å². The van der Waals surface area contributed by atoms with Crippen LogP contribution in [0.3, 0.4) is 0 Å². The average molecular weight is 406 g/mol.